The topological polar surface area (TPSA) is 71.3 Å². The fraction of sp³-hybridized carbons (Fsp3) is 0.615. The number of nitrogens with zero attached hydrogens (tertiary/aromatic N) is 3. The third kappa shape index (κ3) is 2.78. The highest BCUT2D eigenvalue weighted by Gasteiger charge is 2.31. The summed E-state index contributed by atoms with van der Waals surface area (Å²) >= 11 is 3.36. The molecule has 3 heterocycles. The summed E-state index contributed by atoms with van der Waals surface area (Å²) in [5.41, 5.74) is 0.00744. The number of piperidine rings is 1. The summed E-state index contributed by atoms with van der Waals surface area (Å²) in [5.74, 6) is 0.701. The zero-order valence-corrected chi connectivity index (χ0v) is 12.7. The number of hydrogen-bond donors (Lipinski definition) is 1. The number of rotatable bonds is 3. The number of aromatic nitrogens is 1. The van der Waals surface area contributed by atoms with Crippen molar-refractivity contribution in [2.45, 2.75) is 37.8 Å². The van der Waals surface area contributed by atoms with Crippen molar-refractivity contribution in [1.29, 1.82) is 0 Å². The minimum atomic E-state index is -0.432. The van der Waals surface area contributed by atoms with Crippen molar-refractivity contribution in [3.8, 4) is 0 Å². The largest absolute Gasteiger partial charge is 0.366 e. The van der Waals surface area contributed by atoms with Crippen LogP contribution in [0.2, 0.25) is 0 Å². The smallest absolute Gasteiger partial charge is 0.288 e. The van der Waals surface area contributed by atoms with Crippen molar-refractivity contribution in [2.24, 2.45) is 0 Å². The van der Waals surface area contributed by atoms with Crippen LogP contribution in [0, 0.1) is 10.1 Å². The molecule has 0 bridgehead atoms. The Morgan fingerprint density at radius 3 is 3.05 bits per heavy atom. The summed E-state index contributed by atoms with van der Waals surface area (Å²) in [7, 11) is 0. The van der Waals surface area contributed by atoms with Crippen LogP contribution in [0.5, 0.6) is 0 Å². The first-order valence-electron chi connectivity index (χ1n) is 6.94. The first-order chi connectivity index (χ1) is 9.63. The standard InChI is InChI=1S/C13H17BrN4O2/c14-12-7-11(18(19)20)8-15-13(12)16-9-3-5-17-4-1-2-10(17)6-9/h7-10H,1-6H2,(H,15,16). The van der Waals surface area contributed by atoms with Crippen LogP contribution in [0.15, 0.2) is 16.7 Å². The minimum absolute atomic E-state index is 0.00744. The molecule has 2 atom stereocenters. The lowest BCUT2D eigenvalue weighted by Crippen LogP contribution is -2.42. The maximum absolute atomic E-state index is 10.7. The van der Waals surface area contributed by atoms with E-state index in [4.69, 9.17) is 0 Å². The molecule has 0 aliphatic carbocycles. The van der Waals surface area contributed by atoms with Crippen molar-refractivity contribution in [3.63, 3.8) is 0 Å². The molecule has 20 heavy (non-hydrogen) atoms. The van der Waals surface area contributed by atoms with Crippen molar-refractivity contribution in [1.82, 2.24) is 9.88 Å². The summed E-state index contributed by atoms with van der Waals surface area (Å²) in [5, 5.41) is 14.1. The Morgan fingerprint density at radius 2 is 2.30 bits per heavy atom. The van der Waals surface area contributed by atoms with Crippen LogP contribution in [-0.2, 0) is 0 Å². The van der Waals surface area contributed by atoms with E-state index in [9.17, 15) is 10.1 Å². The predicted molar refractivity (Wildman–Crippen MR) is 79.8 cm³/mol. The van der Waals surface area contributed by atoms with E-state index in [1.165, 1.54) is 31.6 Å². The Balaban J connectivity index is 1.67. The summed E-state index contributed by atoms with van der Waals surface area (Å²) < 4.78 is 0.653. The van der Waals surface area contributed by atoms with Crippen molar-refractivity contribution < 1.29 is 4.92 Å². The van der Waals surface area contributed by atoms with Gasteiger partial charge in [-0.2, -0.15) is 0 Å². The molecule has 7 heteroatoms. The molecule has 108 valence electrons. The molecule has 2 aliphatic rings. The molecule has 3 rings (SSSR count). The Bertz CT molecular complexity index is 525. The van der Waals surface area contributed by atoms with Gasteiger partial charge in [-0.1, -0.05) is 0 Å². The van der Waals surface area contributed by atoms with Gasteiger partial charge < -0.3 is 10.2 Å². The zero-order chi connectivity index (χ0) is 14.1. The van der Waals surface area contributed by atoms with E-state index in [1.54, 1.807) is 0 Å². The molecule has 0 spiro atoms. The molecule has 1 aromatic rings. The Labute approximate surface area is 125 Å². The maximum Gasteiger partial charge on any atom is 0.288 e. The molecule has 1 aromatic heterocycles. The summed E-state index contributed by atoms with van der Waals surface area (Å²) in [6, 6.07) is 2.60. The maximum atomic E-state index is 10.7. The SMILES string of the molecule is O=[N+]([O-])c1cnc(NC2CCN3CCCC3C2)c(Br)c1. The molecular weight excluding hydrogens is 324 g/mol. The van der Waals surface area contributed by atoms with E-state index in [1.807, 2.05) is 0 Å². The predicted octanol–water partition coefficient (Wildman–Crippen LogP) is 2.79. The molecule has 1 N–H and O–H groups in total. The molecule has 0 amide bonds. The quantitative estimate of drug-likeness (QED) is 0.676. The van der Waals surface area contributed by atoms with Gasteiger partial charge in [-0.25, -0.2) is 4.98 Å². The highest BCUT2D eigenvalue weighted by atomic mass is 79.9. The van der Waals surface area contributed by atoms with E-state index in [0.29, 0.717) is 22.4 Å². The molecule has 2 aliphatic heterocycles. The van der Waals surface area contributed by atoms with E-state index in [-0.39, 0.29) is 5.69 Å². The van der Waals surface area contributed by atoms with Gasteiger partial charge >= 0.3 is 0 Å². The third-order valence-corrected chi connectivity index (χ3v) is 4.80. The molecule has 2 saturated heterocycles. The summed E-state index contributed by atoms with van der Waals surface area (Å²) in [6.07, 6.45) is 6.12. The number of nitrogens with one attached hydrogen (secondary N) is 1. The highest BCUT2D eigenvalue weighted by molar-refractivity contribution is 9.10. The third-order valence-electron chi connectivity index (χ3n) is 4.20. The van der Waals surface area contributed by atoms with Crippen molar-refractivity contribution in [2.75, 3.05) is 18.4 Å². The van der Waals surface area contributed by atoms with Gasteiger partial charge in [0.1, 0.15) is 12.0 Å². The lowest BCUT2D eigenvalue weighted by Gasteiger charge is -2.35. The van der Waals surface area contributed by atoms with Gasteiger partial charge in [0, 0.05) is 24.7 Å². The number of hydrogen-bond acceptors (Lipinski definition) is 5. The van der Waals surface area contributed by atoms with E-state index in [0.717, 1.165) is 19.4 Å². The number of fused-ring (bicyclic) bond motifs is 1. The fourth-order valence-corrected chi connectivity index (χ4v) is 3.63. The number of halogens is 1. The monoisotopic (exact) mass is 340 g/mol. The summed E-state index contributed by atoms with van der Waals surface area (Å²) in [4.78, 5) is 17.0. The normalized spacial score (nSPS) is 26.2. The molecule has 2 fully saturated rings. The van der Waals surface area contributed by atoms with Gasteiger partial charge in [0.15, 0.2) is 0 Å². The van der Waals surface area contributed by atoms with Gasteiger partial charge in [-0.15, -0.1) is 0 Å². The van der Waals surface area contributed by atoms with Crippen molar-refractivity contribution in [3.05, 3.63) is 26.9 Å². The Hall–Kier alpha value is -1.21. The molecule has 2 unspecified atom stereocenters. The average Bonchev–Trinajstić information content (AvgIpc) is 2.88. The molecule has 0 aromatic carbocycles. The molecular formula is C13H17BrN4O2. The average molecular weight is 341 g/mol. The van der Waals surface area contributed by atoms with Gasteiger partial charge in [0.25, 0.3) is 5.69 Å². The van der Waals surface area contributed by atoms with Gasteiger partial charge in [0.2, 0.25) is 0 Å². The van der Waals surface area contributed by atoms with Crippen LogP contribution in [0.3, 0.4) is 0 Å². The zero-order valence-electron chi connectivity index (χ0n) is 11.1. The number of anilines is 1. The number of nitro groups is 1. The van der Waals surface area contributed by atoms with E-state index in [2.05, 4.69) is 31.1 Å². The number of pyridine rings is 1. The first-order valence-corrected chi connectivity index (χ1v) is 7.73. The van der Waals surface area contributed by atoms with Gasteiger partial charge in [-0.05, 0) is 48.2 Å². The Kier molecular flexibility index (Phi) is 3.89. The molecule has 0 saturated carbocycles. The van der Waals surface area contributed by atoms with Crippen LogP contribution >= 0.6 is 15.9 Å². The lowest BCUT2D eigenvalue weighted by molar-refractivity contribution is -0.385. The Morgan fingerprint density at radius 1 is 1.45 bits per heavy atom. The molecule has 6 nitrogen and oxygen atoms in total. The first kappa shape index (κ1) is 13.8. The van der Waals surface area contributed by atoms with Crippen LogP contribution in [0.25, 0.3) is 0 Å². The van der Waals surface area contributed by atoms with E-state index >= 15 is 0 Å². The van der Waals surface area contributed by atoms with Gasteiger partial charge in [-0.3, -0.25) is 10.1 Å². The van der Waals surface area contributed by atoms with Gasteiger partial charge in [0.05, 0.1) is 9.40 Å². The van der Waals surface area contributed by atoms with Crippen LogP contribution in [0.1, 0.15) is 25.7 Å². The minimum Gasteiger partial charge on any atom is -0.366 e. The second kappa shape index (κ2) is 5.65. The lowest BCUT2D eigenvalue weighted by atomic mass is 9.97. The summed E-state index contributed by atoms with van der Waals surface area (Å²) in [6.45, 7) is 2.36. The van der Waals surface area contributed by atoms with Crippen molar-refractivity contribution >= 4 is 27.4 Å². The molecule has 0 radical (unpaired) electrons. The highest BCUT2D eigenvalue weighted by Crippen LogP contribution is 2.30. The van der Waals surface area contributed by atoms with Crippen LogP contribution < -0.4 is 5.32 Å². The van der Waals surface area contributed by atoms with E-state index < -0.39 is 4.92 Å². The second-order valence-corrected chi connectivity index (χ2v) is 6.33. The van der Waals surface area contributed by atoms with Crippen LogP contribution in [-0.4, -0.2) is 40.0 Å². The fourth-order valence-electron chi connectivity index (χ4n) is 3.18. The second-order valence-electron chi connectivity index (χ2n) is 5.48. The van der Waals surface area contributed by atoms with Crippen LogP contribution in [0.4, 0.5) is 11.5 Å².